The summed E-state index contributed by atoms with van der Waals surface area (Å²) in [4.78, 5) is 0. The summed E-state index contributed by atoms with van der Waals surface area (Å²) in [6, 6.07) is 6.60. The van der Waals surface area contributed by atoms with Crippen LogP contribution in [0.2, 0.25) is 0 Å². The Labute approximate surface area is 73.2 Å². The molecule has 0 radical (unpaired) electrons. The summed E-state index contributed by atoms with van der Waals surface area (Å²) < 4.78 is 0. The number of nitrogens with one attached hydrogen (secondary N) is 1. The van der Waals surface area contributed by atoms with E-state index in [0.717, 1.165) is 6.54 Å². The highest BCUT2D eigenvalue weighted by Crippen LogP contribution is 2.22. The van der Waals surface area contributed by atoms with Gasteiger partial charge in [0.05, 0.1) is 0 Å². The molecule has 1 aromatic carbocycles. The first-order chi connectivity index (χ1) is 4.86. The Kier molecular flexibility index (Phi) is 2.40. The maximum atomic E-state index is 3.34. The third-order valence-corrected chi connectivity index (χ3v) is 1.98. The Morgan fingerprint density at radius 3 is 3.00 bits per heavy atom. The van der Waals surface area contributed by atoms with Crippen LogP contribution in [0.25, 0.3) is 0 Å². The van der Waals surface area contributed by atoms with Crippen molar-refractivity contribution in [3.63, 3.8) is 0 Å². The second-order valence-corrected chi connectivity index (χ2v) is 2.84. The summed E-state index contributed by atoms with van der Waals surface area (Å²) in [5.74, 6) is 0. The molecule has 60 valence electrons. The van der Waals surface area contributed by atoms with Crippen LogP contribution in [0.4, 0.5) is 5.69 Å². The number of benzene rings is 1. The van der Waals surface area contributed by atoms with Crippen LogP contribution in [0, 0.1) is 6.92 Å². The Morgan fingerprint density at radius 2 is 2.18 bits per heavy atom. The van der Waals surface area contributed by atoms with E-state index < -0.39 is 0 Å². The van der Waals surface area contributed by atoms with Crippen LogP contribution in [-0.2, 0) is 6.42 Å². The quantitative estimate of drug-likeness (QED) is 0.629. The minimum Gasteiger partial charge on any atom is -0.384 e. The number of aryl methyl sites for hydroxylation is 1. The molecule has 0 amide bonds. The van der Waals surface area contributed by atoms with Crippen LogP contribution in [-0.4, -0.2) is 6.54 Å². The molecule has 2 heteroatoms. The van der Waals surface area contributed by atoms with E-state index in [-0.39, 0.29) is 12.4 Å². The van der Waals surface area contributed by atoms with E-state index in [1.807, 2.05) is 0 Å². The van der Waals surface area contributed by atoms with E-state index in [9.17, 15) is 0 Å². The zero-order valence-electron chi connectivity index (χ0n) is 6.55. The van der Waals surface area contributed by atoms with Crippen LogP contribution in [0.1, 0.15) is 11.1 Å². The van der Waals surface area contributed by atoms with Gasteiger partial charge in [-0.1, -0.05) is 12.1 Å². The Bertz CT molecular complexity index is 258. The smallest absolute Gasteiger partial charge is 0.0376 e. The van der Waals surface area contributed by atoms with Gasteiger partial charge < -0.3 is 5.32 Å². The van der Waals surface area contributed by atoms with Crippen molar-refractivity contribution in [3.8, 4) is 0 Å². The van der Waals surface area contributed by atoms with E-state index in [1.54, 1.807) is 0 Å². The van der Waals surface area contributed by atoms with E-state index >= 15 is 0 Å². The fourth-order valence-electron chi connectivity index (χ4n) is 1.40. The van der Waals surface area contributed by atoms with Crippen LogP contribution in [0.15, 0.2) is 18.2 Å². The molecule has 1 N–H and O–H groups in total. The maximum Gasteiger partial charge on any atom is 0.0376 e. The first kappa shape index (κ1) is 8.41. The van der Waals surface area contributed by atoms with Crippen LogP contribution in [0.3, 0.4) is 0 Å². The van der Waals surface area contributed by atoms with Gasteiger partial charge in [0, 0.05) is 12.2 Å². The average Bonchev–Trinajstić information content (AvgIpc) is 2.33. The molecule has 2 rings (SSSR count). The number of halogens is 1. The lowest BCUT2D eigenvalue weighted by Gasteiger charge is -1.98. The lowest BCUT2D eigenvalue weighted by Crippen LogP contribution is -1.90. The molecule has 0 atom stereocenters. The van der Waals surface area contributed by atoms with Crippen LogP contribution in [0.5, 0.6) is 0 Å². The fourth-order valence-corrected chi connectivity index (χ4v) is 1.40. The molecular weight excluding hydrogens is 158 g/mol. The van der Waals surface area contributed by atoms with Crippen molar-refractivity contribution in [2.45, 2.75) is 13.3 Å². The summed E-state index contributed by atoms with van der Waals surface area (Å²) >= 11 is 0. The van der Waals surface area contributed by atoms with Gasteiger partial charge in [-0.05, 0) is 30.5 Å². The maximum absolute atomic E-state index is 3.34. The molecule has 0 saturated carbocycles. The molecule has 0 spiro atoms. The minimum absolute atomic E-state index is 0. The van der Waals surface area contributed by atoms with Gasteiger partial charge in [-0.2, -0.15) is 0 Å². The number of hydrogen-bond donors (Lipinski definition) is 1. The lowest BCUT2D eigenvalue weighted by molar-refractivity contribution is 1.11. The van der Waals surface area contributed by atoms with E-state index in [0.29, 0.717) is 0 Å². The standard InChI is InChI=1S/C9H11N.ClH/c1-7-2-3-8-4-5-10-9(8)6-7;/h2-3,6,10H,4-5H2,1H3;1H. The van der Waals surface area contributed by atoms with E-state index in [2.05, 4.69) is 30.4 Å². The number of hydrogen-bond acceptors (Lipinski definition) is 1. The minimum atomic E-state index is 0. The van der Waals surface area contributed by atoms with E-state index in [4.69, 9.17) is 0 Å². The van der Waals surface area contributed by atoms with Crippen molar-refractivity contribution >= 4 is 18.1 Å². The monoisotopic (exact) mass is 169 g/mol. The van der Waals surface area contributed by atoms with E-state index in [1.165, 1.54) is 23.2 Å². The predicted octanol–water partition coefficient (Wildman–Crippen LogP) is 2.38. The molecule has 11 heavy (non-hydrogen) atoms. The normalized spacial score (nSPS) is 13.2. The Balaban J connectivity index is 0.000000605. The summed E-state index contributed by atoms with van der Waals surface area (Å²) in [5, 5.41) is 3.34. The fraction of sp³-hybridized carbons (Fsp3) is 0.333. The molecule has 1 heterocycles. The largest absolute Gasteiger partial charge is 0.384 e. The molecule has 0 aromatic heterocycles. The molecule has 0 bridgehead atoms. The number of rotatable bonds is 0. The summed E-state index contributed by atoms with van der Waals surface area (Å²) in [6.07, 6.45) is 1.19. The van der Waals surface area contributed by atoms with Gasteiger partial charge in [-0.3, -0.25) is 0 Å². The first-order valence-corrected chi connectivity index (χ1v) is 3.70. The lowest BCUT2D eigenvalue weighted by atomic mass is 10.1. The van der Waals surface area contributed by atoms with Gasteiger partial charge in [0.15, 0.2) is 0 Å². The average molecular weight is 170 g/mol. The van der Waals surface area contributed by atoms with Gasteiger partial charge in [-0.15, -0.1) is 12.4 Å². The summed E-state index contributed by atoms with van der Waals surface area (Å²) in [6.45, 7) is 3.24. The molecule has 1 aliphatic heterocycles. The SMILES string of the molecule is Cc1ccc2c(c1)NCC2.Cl. The van der Waals surface area contributed by atoms with Crippen molar-refractivity contribution in [2.75, 3.05) is 11.9 Å². The molecule has 1 aliphatic rings. The van der Waals surface area contributed by atoms with Crippen molar-refractivity contribution < 1.29 is 0 Å². The molecule has 0 unspecified atom stereocenters. The summed E-state index contributed by atoms with van der Waals surface area (Å²) in [5.41, 5.74) is 4.14. The van der Waals surface area contributed by atoms with Gasteiger partial charge in [0.1, 0.15) is 0 Å². The highest BCUT2D eigenvalue weighted by atomic mass is 35.5. The molecule has 1 nitrogen and oxygen atoms in total. The van der Waals surface area contributed by atoms with Gasteiger partial charge >= 0.3 is 0 Å². The third kappa shape index (κ3) is 1.48. The number of fused-ring (bicyclic) bond motifs is 1. The molecule has 1 aromatic rings. The van der Waals surface area contributed by atoms with Gasteiger partial charge in [-0.25, -0.2) is 0 Å². The molecule has 0 aliphatic carbocycles. The zero-order chi connectivity index (χ0) is 6.97. The zero-order valence-corrected chi connectivity index (χ0v) is 7.37. The topological polar surface area (TPSA) is 12.0 Å². The predicted molar refractivity (Wildman–Crippen MR) is 50.6 cm³/mol. The second kappa shape index (κ2) is 3.14. The Hall–Kier alpha value is -0.690. The highest BCUT2D eigenvalue weighted by molar-refractivity contribution is 5.85. The Morgan fingerprint density at radius 1 is 1.36 bits per heavy atom. The van der Waals surface area contributed by atoms with Gasteiger partial charge in [0.2, 0.25) is 0 Å². The molecular formula is C9H12ClN. The molecule has 0 saturated heterocycles. The van der Waals surface area contributed by atoms with Crippen LogP contribution >= 0.6 is 12.4 Å². The van der Waals surface area contributed by atoms with Crippen molar-refractivity contribution in [1.82, 2.24) is 0 Å². The van der Waals surface area contributed by atoms with Crippen molar-refractivity contribution in [2.24, 2.45) is 0 Å². The highest BCUT2D eigenvalue weighted by Gasteiger charge is 2.07. The third-order valence-electron chi connectivity index (χ3n) is 1.98. The second-order valence-electron chi connectivity index (χ2n) is 2.84. The first-order valence-electron chi connectivity index (χ1n) is 3.70. The summed E-state index contributed by atoms with van der Waals surface area (Å²) in [7, 11) is 0. The van der Waals surface area contributed by atoms with Crippen molar-refractivity contribution in [3.05, 3.63) is 29.3 Å². The van der Waals surface area contributed by atoms with Crippen molar-refractivity contribution in [1.29, 1.82) is 0 Å². The number of anilines is 1. The van der Waals surface area contributed by atoms with Gasteiger partial charge in [0.25, 0.3) is 0 Å². The van der Waals surface area contributed by atoms with Crippen LogP contribution < -0.4 is 5.32 Å². The molecule has 0 fully saturated rings.